The predicted molar refractivity (Wildman–Crippen MR) is 142 cm³/mol. The lowest BCUT2D eigenvalue weighted by Crippen LogP contribution is -3.00. The van der Waals surface area contributed by atoms with Crippen LogP contribution < -0.4 is 27.3 Å². The second-order valence-electron chi connectivity index (χ2n) is 9.55. The minimum atomic E-state index is -0.831. The Labute approximate surface area is 244 Å². The fourth-order valence-corrected chi connectivity index (χ4v) is 5.06. The molecule has 1 amide bonds. The first-order chi connectivity index (χ1) is 19.2. The number of pyridine rings is 1. The number of hydrogen-bond donors (Lipinski definition) is 3. The summed E-state index contributed by atoms with van der Waals surface area (Å²) in [5.41, 5.74) is 7.28. The molecule has 0 saturated heterocycles. The zero-order valence-corrected chi connectivity index (χ0v) is 23.1. The summed E-state index contributed by atoms with van der Waals surface area (Å²) in [7, 11) is 0. The molecule has 4 N–H and O–H groups in total. The molecule has 1 heterocycles. The quantitative estimate of drug-likeness (QED) is 0.129. The van der Waals surface area contributed by atoms with Crippen LogP contribution in [0.25, 0.3) is 0 Å². The van der Waals surface area contributed by atoms with Gasteiger partial charge in [0.2, 0.25) is 11.7 Å². The molecule has 1 aliphatic rings. The topological polar surface area (TPSA) is 165 Å². The zero-order valence-electron chi connectivity index (χ0n) is 21.5. The number of aryl methyl sites for hydroxylation is 1. The number of rotatable bonds is 8. The highest BCUT2D eigenvalue weighted by molar-refractivity contribution is 6.31. The van der Waals surface area contributed by atoms with Crippen molar-refractivity contribution >= 4 is 23.2 Å². The highest BCUT2D eigenvalue weighted by Crippen LogP contribution is 2.39. The number of aromatic nitrogens is 1. The van der Waals surface area contributed by atoms with Crippen molar-refractivity contribution in [2.45, 2.75) is 25.8 Å². The first kappa shape index (κ1) is 29.1. The van der Waals surface area contributed by atoms with E-state index in [9.17, 15) is 34.7 Å². The second kappa shape index (κ2) is 11.7. The van der Waals surface area contributed by atoms with Crippen molar-refractivity contribution in [1.82, 2.24) is 0 Å². The second-order valence-corrected chi connectivity index (χ2v) is 9.55. The van der Waals surface area contributed by atoms with Gasteiger partial charge in [0, 0.05) is 46.5 Å². The van der Waals surface area contributed by atoms with Crippen molar-refractivity contribution in [1.29, 1.82) is 0 Å². The van der Waals surface area contributed by atoms with E-state index in [0.717, 1.165) is 17.2 Å². The van der Waals surface area contributed by atoms with Gasteiger partial charge < -0.3 is 32.9 Å². The fraction of sp³-hybridized carbons (Fsp3) is 0.133. The molecule has 0 aliphatic heterocycles. The Bertz CT molecular complexity index is 1700. The number of carbonyl (C=O) groups is 3. The van der Waals surface area contributed by atoms with Gasteiger partial charge in [-0.25, -0.2) is 4.57 Å². The summed E-state index contributed by atoms with van der Waals surface area (Å²) in [6.07, 6.45) is 5.12. The van der Waals surface area contributed by atoms with Crippen LogP contribution in [-0.4, -0.2) is 32.6 Å². The molecule has 0 radical (unpaired) electrons. The molecule has 0 fully saturated rings. The number of primary amides is 1. The normalized spacial score (nSPS) is 11.8. The van der Waals surface area contributed by atoms with Crippen molar-refractivity contribution in [3.8, 4) is 11.5 Å². The number of nitrogens with zero attached hydrogens (tertiary/aromatic N) is 2. The summed E-state index contributed by atoms with van der Waals surface area (Å²) in [6, 6.07) is 15.5. The minimum Gasteiger partial charge on any atom is -1.00 e. The summed E-state index contributed by atoms with van der Waals surface area (Å²) in [5, 5.41) is 31.7. The van der Waals surface area contributed by atoms with E-state index in [1.54, 1.807) is 12.1 Å². The van der Waals surface area contributed by atoms with E-state index in [1.165, 1.54) is 30.3 Å². The van der Waals surface area contributed by atoms with Gasteiger partial charge in [0.05, 0.1) is 16.1 Å². The van der Waals surface area contributed by atoms with E-state index in [2.05, 4.69) is 0 Å². The standard InChI is InChI=1S/C30H23N3O7.BrH/c31-30(38)22-15-24(35)27-26(28(36)21-5-2-6-23(34)25(21)29(27)37)20(22)4-1-3-17-11-13-32(14-12-17)16-18-7-9-19(10-8-18)33(39)40;/h2,5-15H,1,3-4,16H2,(H3-,31,34,35,37,38);1H. The van der Waals surface area contributed by atoms with Gasteiger partial charge in [0.25, 0.3) is 5.69 Å². The fourth-order valence-electron chi connectivity index (χ4n) is 5.06. The van der Waals surface area contributed by atoms with Gasteiger partial charge in [0.1, 0.15) is 11.5 Å². The molecule has 208 valence electrons. The number of benzene rings is 3. The maximum Gasteiger partial charge on any atom is 0.269 e. The number of aromatic hydroxyl groups is 2. The highest BCUT2D eigenvalue weighted by atomic mass is 79.9. The molecular formula is C30H24BrN3O7. The van der Waals surface area contributed by atoms with E-state index in [-0.39, 0.29) is 68.2 Å². The molecule has 0 atom stereocenters. The third-order valence-corrected chi connectivity index (χ3v) is 7.01. The molecule has 11 heteroatoms. The number of halogens is 1. The van der Waals surface area contributed by atoms with Crippen LogP contribution in [0, 0.1) is 10.1 Å². The van der Waals surface area contributed by atoms with Crippen LogP contribution in [0.4, 0.5) is 5.69 Å². The van der Waals surface area contributed by atoms with Crippen LogP contribution in [0.15, 0.2) is 73.1 Å². The maximum atomic E-state index is 13.5. The molecule has 5 rings (SSSR count). The number of carbonyl (C=O) groups excluding carboxylic acids is 3. The van der Waals surface area contributed by atoms with Crippen LogP contribution in [0.5, 0.6) is 11.5 Å². The Balaban J connectivity index is 0.00000387. The third kappa shape index (κ3) is 5.57. The number of ketones is 2. The van der Waals surface area contributed by atoms with E-state index in [0.29, 0.717) is 19.4 Å². The van der Waals surface area contributed by atoms with Crippen molar-refractivity contribution in [3.63, 3.8) is 0 Å². The summed E-state index contributed by atoms with van der Waals surface area (Å²) in [4.78, 5) is 49.3. The number of fused-ring (bicyclic) bond motifs is 2. The number of non-ortho nitro benzene ring substituents is 1. The van der Waals surface area contributed by atoms with Gasteiger partial charge in [-0.2, -0.15) is 0 Å². The van der Waals surface area contributed by atoms with E-state index in [4.69, 9.17) is 5.73 Å². The average Bonchev–Trinajstić information content (AvgIpc) is 2.93. The van der Waals surface area contributed by atoms with Crippen LogP contribution in [-0.2, 0) is 19.4 Å². The van der Waals surface area contributed by atoms with Crippen molar-refractivity contribution in [2.24, 2.45) is 5.73 Å². The first-order valence-corrected chi connectivity index (χ1v) is 12.5. The zero-order chi connectivity index (χ0) is 28.6. The van der Waals surface area contributed by atoms with E-state index in [1.807, 2.05) is 29.1 Å². The third-order valence-electron chi connectivity index (χ3n) is 7.01. The van der Waals surface area contributed by atoms with Crippen molar-refractivity contribution in [2.75, 3.05) is 0 Å². The van der Waals surface area contributed by atoms with E-state index < -0.39 is 28.1 Å². The van der Waals surface area contributed by atoms with Crippen LogP contribution in [0.3, 0.4) is 0 Å². The maximum absolute atomic E-state index is 13.5. The summed E-state index contributed by atoms with van der Waals surface area (Å²) >= 11 is 0. The van der Waals surface area contributed by atoms with Gasteiger partial charge in [0.15, 0.2) is 24.7 Å². The van der Waals surface area contributed by atoms with Gasteiger partial charge in [-0.1, -0.05) is 12.1 Å². The lowest BCUT2D eigenvalue weighted by atomic mass is 9.78. The predicted octanol–water partition coefficient (Wildman–Crippen LogP) is 0.395. The summed E-state index contributed by atoms with van der Waals surface area (Å²) < 4.78 is 1.93. The molecule has 0 unspecified atom stereocenters. The highest BCUT2D eigenvalue weighted by Gasteiger charge is 2.37. The minimum absolute atomic E-state index is 0. The SMILES string of the molecule is NC(=O)c1cc(O)c2c(c1CCCc1cc[n+](Cc3ccc([N+](=O)[O-])cc3)cc1)C(=O)c1cccc(O)c1C2=O.[Br-]. The Hall–Kier alpha value is -4.90. The smallest absolute Gasteiger partial charge is 0.269 e. The summed E-state index contributed by atoms with van der Waals surface area (Å²) in [5.74, 6) is -3.00. The molecule has 3 aromatic carbocycles. The lowest BCUT2D eigenvalue weighted by molar-refractivity contribution is -0.688. The molecule has 1 aliphatic carbocycles. The number of nitrogens with two attached hydrogens (primary N) is 1. The first-order valence-electron chi connectivity index (χ1n) is 12.5. The van der Waals surface area contributed by atoms with E-state index >= 15 is 0 Å². The van der Waals surface area contributed by atoms with Crippen molar-refractivity contribution < 1.29 is 51.1 Å². The lowest BCUT2D eigenvalue weighted by Gasteiger charge is -2.23. The molecule has 0 spiro atoms. The Morgan fingerprint density at radius 2 is 1.54 bits per heavy atom. The molecule has 4 aromatic rings. The molecule has 0 saturated carbocycles. The van der Waals surface area contributed by atoms with Gasteiger partial charge in [-0.15, -0.1) is 0 Å². The molecule has 41 heavy (non-hydrogen) atoms. The van der Waals surface area contributed by atoms with Crippen LogP contribution >= 0.6 is 0 Å². The average molecular weight is 618 g/mol. The molecule has 1 aromatic heterocycles. The molecule has 0 bridgehead atoms. The Kier molecular flexibility index (Phi) is 8.29. The van der Waals surface area contributed by atoms with Crippen LogP contribution in [0.2, 0.25) is 0 Å². The van der Waals surface area contributed by atoms with Gasteiger partial charge in [-0.05, 0) is 54.7 Å². The Morgan fingerprint density at radius 3 is 2.17 bits per heavy atom. The van der Waals surface area contributed by atoms with Crippen LogP contribution in [0.1, 0.15) is 65.3 Å². The number of nitro benzene ring substituents is 1. The number of hydrogen-bond acceptors (Lipinski definition) is 7. The molecular weight excluding hydrogens is 594 g/mol. The van der Waals surface area contributed by atoms with Crippen molar-refractivity contribution in [3.05, 3.63) is 128 Å². The number of phenols is 2. The number of nitro groups is 1. The Morgan fingerprint density at radius 1 is 0.854 bits per heavy atom. The summed E-state index contributed by atoms with van der Waals surface area (Å²) in [6.45, 7) is 0.535. The monoisotopic (exact) mass is 617 g/mol. The van der Waals surface area contributed by atoms with Gasteiger partial charge in [-0.3, -0.25) is 24.5 Å². The number of phenolic OH excluding ortho intramolecular Hbond substituents is 2. The number of amides is 1. The molecule has 10 nitrogen and oxygen atoms in total. The largest absolute Gasteiger partial charge is 1.00 e. The van der Waals surface area contributed by atoms with Gasteiger partial charge >= 0.3 is 0 Å².